The van der Waals surface area contributed by atoms with Gasteiger partial charge in [0.1, 0.15) is 5.75 Å². The number of benzene rings is 2. The number of nitrogens with zero attached hydrogens (tertiary/aromatic N) is 2. The van der Waals surface area contributed by atoms with Gasteiger partial charge in [0.15, 0.2) is 11.5 Å². The minimum Gasteiger partial charge on any atom is -0.497 e. The average molecular weight is 469 g/mol. The molecule has 8 nitrogen and oxygen atoms in total. The van der Waals surface area contributed by atoms with Crippen molar-refractivity contribution in [3.8, 4) is 17.2 Å². The van der Waals surface area contributed by atoms with E-state index in [-0.39, 0.29) is 25.2 Å². The molecule has 0 aliphatic carbocycles. The lowest BCUT2D eigenvalue weighted by atomic mass is 9.82. The van der Waals surface area contributed by atoms with Crippen LogP contribution in [0.3, 0.4) is 0 Å². The fraction of sp³-hybridized carbons (Fsp3) is 0.462. The van der Waals surface area contributed by atoms with Crippen molar-refractivity contribution in [1.82, 2.24) is 9.80 Å². The summed E-state index contributed by atoms with van der Waals surface area (Å²) in [4.78, 5) is 29.6. The molecule has 8 heteroatoms. The molecular weight excluding hydrogens is 436 g/mol. The molecule has 34 heavy (non-hydrogen) atoms. The van der Waals surface area contributed by atoms with Crippen LogP contribution in [-0.4, -0.2) is 66.9 Å². The number of carbonyl (C=O) groups is 2. The molecule has 1 saturated heterocycles. The molecule has 1 fully saturated rings. The van der Waals surface area contributed by atoms with Gasteiger partial charge < -0.3 is 24.2 Å². The third-order valence-corrected chi connectivity index (χ3v) is 6.73. The molecule has 2 aliphatic heterocycles. The Bertz CT molecular complexity index is 1020. The Balaban J connectivity index is 1.71. The number of carbonyl (C=O) groups excluding carboxylic acids is 1. The molecule has 0 bridgehead atoms. The molecule has 2 aliphatic rings. The van der Waals surface area contributed by atoms with Crippen LogP contribution in [-0.2, 0) is 9.59 Å². The first kappa shape index (κ1) is 23.9. The Morgan fingerprint density at radius 1 is 1.09 bits per heavy atom. The van der Waals surface area contributed by atoms with Gasteiger partial charge in [0.2, 0.25) is 12.7 Å². The van der Waals surface area contributed by atoms with Crippen molar-refractivity contribution >= 4 is 11.9 Å². The van der Waals surface area contributed by atoms with Crippen molar-refractivity contribution in [3.63, 3.8) is 0 Å². The molecule has 0 spiro atoms. The van der Waals surface area contributed by atoms with E-state index in [1.165, 1.54) is 0 Å². The van der Waals surface area contributed by atoms with E-state index in [1.807, 2.05) is 66.1 Å². The molecule has 0 aromatic heterocycles. The topological polar surface area (TPSA) is 88.5 Å². The third-order valence-electron chi connectivity index (χ3n) is 6.73. The monoisotopic (exact) mass is 468 g/mol. The zero-order valence-electron chi connectivity index (χ0n) is 19.9. The van der Waals surface area contributed by atoms with Crippen LogP contribution in [0, 0.1) is 5.92 Å². The van der Waals surface area contributed by atoms with E-state index in [2.05, 4.69) is 0 Å². The molecule has 182 valence electrons. The van der Waals surface area contributed by atoms with E-state index in [0.29, 0.717) is 36.9 Å². The average Bonchev–Trinajstić information content (AvgIpc) is 3.46. The predicted molar refractivity (Wildman–Crippen MR) is 126 cm³/mol. The van der Waals surface area contributed by atoms with Gasteiger partial charge in [0, 0.05) is 31.6 Å². The van der Waals surface area contributed by atoms with Crippen LogP contribution in [0.2, 0.25) is 0 Å². The largest absolute Gasteiger partial charge is 0.497 e. The summed E-state index contributed by atoms with van der Waals surface area (Å²) in [7, 11) is 1.60. The lowest BCUT2D eigenvalue weighted by molar-refractivity contribution is -0.143. The number of carboxylic acid groups (broad SMARTS) is 1. The number of likely N-dealkylation sites (N-methyl/N-ethyl adjacent to an activating group) is 1. The molecule has 3 unspecified atom stereocenters. The van der Waals surface area contributed by atoms with Crippen LogP contribution in [0.15, 0.2) is 42.5 Å². The first-order valence-electron chi connectivity index (χ1n) is 11.7. The molecule has 2 heterocycles. The molecule has 1 N–H and O–H groups in total. The second-order valence-corrected chi connectivity index (χ2v) is 8.70. The number of aliphatic carboxylic acids is 1. The number of methoxy groups -OCH3 is 1. The van der Waals surface area contributed by atoms with Gasteiger partial charge in [0.25, 0.3) is 0 Å². The zero-order valence-corrected chi connectivity index (χ0v) is 19.9. The van der Waals surface area contributed by atoms with Crippen molar-refractivity contribution in [3.05, 3.63) is 53.6 Å². The summed E-state index contributed by atoms with van der Waals surface area (Å²) < 4.78 is 16.3. The normalized spacial score (nSPS) is 21.4. The highest BCUT2D eigenvalue weighted by Gasteiger charge is 2.48. The number of likely N-dealkylation sites (tertiary alicyclic amines) is 1. The van der Waals surface area contributed by atoms with E-state index >= 15 is 0 Å². The van der Waals surface area contributed by atoms with Gasteiger partial charge in [0.05, 0.1) is 19.6 Å². The summed E-state index contributed by atoms with van der Waals surface area (Å²) in [5.41, 5.74) is 1.72. The fourth-order valence-electron chi connectivity index (χ4n) is 5.08. The first-order valence-corrected chi connectivity index (χ1v) is 11.7. The Kier molecular flexibility index (Phi) is 7.26. The van der Waals surface area contributed by atoms with Gasteiger partial charge in [-0.2, -0.15) is 0 Å². The number of hydrogen-bond donors (Lipinski definition) is 1. The quantitative estimate of drug-likeness (QED) is 0.602. The minimum absolute atomic E-state index is 0.0123. The van der Waals surface area contributed by atoms with Crippen molar-refractivity contribution in [2.24, 2.45) is 5.92 Å². The first-order chi connectivity index (χ1) is 16.5. The maximum atomic E-state index is 13.2. The SMILES string of the molecule is CCCN(CC)C(=O)CN1CC(c2ccc3c(c2)OCO3)C(C(=O)O)C1c1ccc(OC)cc1. The molecular formula is C26H32N2O6. The standard InChI is InChI=1S/C26H32N2O6/c1-4-12-27(5-2)23(29)15-28-14-20(18-8-11-21-22(13-18)34-16-33-21)24(26(30)31)25(28)17-6-9-19(32-3)10-7-17/h6-11,13,20,24-25H,4-5,12,14-16H2,1-3H3,(H,30,31). The summed E-state index contributed by atoms with van der Waals surface area (Å²) in [5.74, 6) is 0.0556. The molecule has 1 amide bonds. The summed E-state index contributed by atoms with van der Waals surface area (Å²) in [5, 5.41) is 10.4. The van der Waals surface area contributed by atoms with Crippen LogP contribution in [0.4, 0.5) is 0 Å². The van der Waals surface area contributed by atoms with E-state index in [4.69, 9.17) is 14.2 Å². The van der Waals surface area contributed by atoms with Crippen LogP contribution in [0.5, 0.6) is 17.2 Å². The van der Waals surface area contributed by atoms with Gasteiger partial charge in [-0.25, -0.2) is 0 Å². The maximum Gasteiger partial charge on any atom is 0.309 e. The van der Waals surface area contributed by atoms with Crippen LogP contribution < -0.4 is 14.2 Å². The highest BCUT2D eigenvalue weighted by atomic mass is 16.7. The van der Waals surface area contributed by atoms with Gasteiger partial charge in [-0.05, 0) is 48.7 Å². The lowest BCUT2D eigenvalue weighted by Crippen LogP contribution is -2.41. The van der Waals surface area contributed by atoms with Crippen molar-refractivity contribution in [2.45, 2.75) is 32.2 Å². The van der Waals surface area contributed by atoms with E-state index < -0.39 is 17.9 Å². The van der Waals surface area contributed by atoms with Crippen LogP contribution >= 0.6 is 0 Å². The van der Waals surface area contributed by atoms with Crippen LogP contribution in [0.25, 0.3) is 0 Å². The summed E-state index contributed by atoms with van der Waals surface area (Å²) in [6.45, 7) is 6.09. The highest BCUT2D eigenvalue weighted by molar-refractivity contribution is 5.79. The molecule has 0 radical (unpaired) electrons. The lowest BCUT2D eigenvalue weighted by Gasteiger charge is -2.29. The Morgan fingerprint density at radius 3 is 2.44 bits per heavy atom. The molecule has 0 saturated carbocycles. The second kappa shape index (κ2) is 10.3. The molecule has 2 aromatic rings. The van der Waals surface area contributed by atoms with Gasteiger partial charge in [-0.1, -0.05) is 25.1 Å². The van der Waals surface area contributed by atoms with Gasteiger partial charge >= 0.3 is 5.97 Å². The number of fused-ring (bicyclic) bond motifs is 1. The van der Waals surface area contributed by atoms with E-state index in [0.717, 1.165) is 17.5 Å². The number of rotatable bonds is 9. The summed E-state index contributed by atoms with van der Waals surface area (Å²) >= 11 is 0. The Morgan fingerprint density at radius 2 is 1.79 bits per heavy atom. The Hall–Kier alpha value is -3.26. The highest BCUT2D eigenvalue weighted by Crippen LogP contribution is 2.47. The second-order valence-electron chi connectivity index (χ2n) is 8.70. The van der Waals surface area contributed by atoms with E-state index in [1.54, 1.807) is 7.11 Å². The number of hydrogen-bond acceptors (Lipinski definition) is 6. The van der Waals surface area contributed by atoms with Gasteiger partial charge in [-0.15, -0.1) is 0 Å². The van der Waals surface area contributed by atoms with Crippen molar-refractivity contribution < 1.29 is 28.9 Å². The van der Waals surface area contributed by atoms with Gasteiger partial charge in [-0.3, -0.25) is 14.5 Å². The van der Waals surface area contributed by atoms with Crippen molar-refractivity contribution in [2.75, 3.05) is 40.1 Å². The molecule has 3 atom stereocenters. The third kappa shape index (κ3) is 4.68. The van der Waals surface area contributed by atoms with Crippen molar-refractivity contribution in [1.29, 1.82) is 0 Å². The van der Waals surface area contributed by atoms with Crippen LogP contribution in [0.1, 0.15) is 43.4 Å². The zero-order chi connectivity index (χ0) is 24.2. The molecule has 4 rings (SSSR count). The number of amides is 1. The fourth-order valence-corrected chi connectivity index (χ4v) is 5.08. The van der Waals surface area contributed by atoms with E-state index in [9.17, 15) is 14.7 Å². The summed E-state index contributed by atoms with van der Waals surface area (Å²) in [6, 6.07) is 12.6. The summed E-state index contributed by atoms with van der Waals surface area (Å²) in [6.07, 6.45) is 0.874. The smallest absolute Gasteiger partial charge is 0.309 e. The predicted octanol–water partition coefficient (Wildman–Crippen LogP) is 3.52. The number of ether oxygens (including phenoxy) is 3. The number of carboxylic acids is 1. The Labute approximate surface area is 200 Å². The minimum atomic E-state index is -0.890. The molecule has 2 aromatic carbocycles. The maximum absolute atomic E-state index is 13.2.